The summed E-state index contributed by atoms with van der Waals surface area (Å²) in [6.45, 7) is 3.47. The zero-order valence-electron chi connectivity index (χ0n) is 12.1. The average Bonchev–Trinajstić information content (AvgIpc) is 2.49. The topological polar surface area (TPSA) is 75.2 Å². The van der Waals surface area contributed by atoms with Gasteiger partial charge in [0.25, 0.3) is 5.56 Å². The third-order valence-electron chi connectivity index (χ3n) is 3.06. The van der Waals surface area contributed by atoms with E-state index in [1.165, 1.54) is 13.1 Å². The number of pyridine rings is 2. The summed E-state index contributed by atoms with van der Waals surface area (Å²) in [7, 11) is 0. The normalized spacial score (nSPS) is 11.0. The fourth-order valence-electron chi connectivity index (χ4n) is 1.99. The molecular weight excluding hydrogens is 266 g/mol. The number of aliphatic imine (C=N–C) groups is 1. The van der Waals surface area contributed by atoms with Crippen molar-refractivity contribution >= 4 is 17.7 Å². The number of hydrogen-bond acceptors (Lipinski definition) is 4. The summed E-state index contributed by atoms with van der Waals surface area (Å²) in [6.07, 6.45) is 5.82. The predicted octanol–water partition coefficient (Wildman–Crippen LogP) is 2.68. The first-order valence-electron chi connectivity index (χ1n) is 6.80. The van der Waals surface area contributed by atoms with Gasteiger partial charge < -0.3 is 4.98 Å². The van der Waals surface area contributed by atoms with Gasteiger partial charge in [-0.3, -0.25) is 19.6 Å². The fourth-order valence-corrected chi connectivity index (χ4v) is 1.99. The molecule has 0 aromatic carbocycles. The molecule has 0 spiro atoms. The molecule has 0 fully saturated rings. The molecular formula is C16H17N3O2. The van der Waals surface area contributed by atoms with Crippen molar-refractivity contribution in [2.45, 2.75) is 26.7 Å². The van der Waals surface area contributed by atoms with E-state index in [4.69, 9.17) is 0 Å². The van der Waals surface area contributed by atoms with Gasteiger partial charge in [-0.25, -0.2) is 0 Å². The maximum absolute atomic E-state index is 12.0. The lowest BCUT2D eigenvalue weighted by atomic mass is 10.0. The van der Waals surface area contributed by atoms with Gasteiger partial charge in [0, 0.05) is 36.3 Å². The van der Waals surface area contributed by atoms with E-state index < -0.39 is 0 Å². The zero-order valence-corrected chi connectivity index (χ0v) is 12.1. The summed E-state index contributed by atoms with van der Waals surface area (Å²) in [6, 6.07) is 5.52. The van der Waals surface area contributed by atoms with Gasteiger partial charge in [0.1, 0.15) is 11.5 Å². The number of Topliss-reactive ketones (excluding diaryl/α,β-unsaturated/α-hetero) is 1. The van der Waals surface area contributed by atoms with E-state index in [1.807, 2.05) is 19.1 Å². The van der Waals surface area contributed by atoms with Crippen molar-refractivity contribution in [1.82, 2.24) is 9.97 Å². The smallest absolute Gasteiger partial charge is 0.274 e. The molecule has 0 radical (unpaired) electrons. The highest BCUT2D eigenvalue weighted by atomic mass is 16.1. The molecule has 0 aliphatic rings. The molecule has 0 unspecified atom stereocenters. The van der Waals surface area contributed by atoms with Gasteiger partial charge in [0.2, 0.25) is 0 Å². The molecule has 5 heteroatoms. The Morgan fingerprint density at radius 3 is 2.71 bits per heavy atom. The Kier molecular flexibility index (Phi) is 4.77. The quantitative estimate of drug-likeness (QED) is 0.857. The van der Waals surface area contributed by atoms with Crippen LogP contribution in [-0.2, 0) is 11.2 Å². The van der Waals surface area contributed by atoms with Crippen LogP contribution in [0.1, 0.15) is 26.0 Å². The minimum atomic E-state index is -0.246. The van der Waals surface area contributed by atoms with Crippen LogP contribution < -0.4 is 5.56 Å². The van der Waals surface area contributed by atoms with Gasteiger partial charge in [-0.1, -0.05) is 6.92 Å². The van der Waals surface area contributed by atoms with Gasteiger partial charge in [0.05, 0.1) is 0 Å². The first-order valence-corrected chi connectivity index (χ1v) is 6.80. The van der Waals surface area contributed by atoms with Crippen LogP contribution in [-0.4, -0.2) is 22.0 Å². The molecule has 108 valence electrons. The molecule has 2 aromatic heterocycles. The molecule has 0 atom stereocenters. The molecule has 0 amide bonds. The zero-order chi connectivity index (χ0) is 15.2. The van der Waals surface area contributed by atoms with Crippen molar-refractivity contribution in [3.63, 3.8) is 0 Å². The molecule has 5 nitrogen and oxygen atoms in total. The second-order valence-electron chi connectivity index (χ2n) is 4.68. The van der Waals surface area contributed by atoms with E-state index in [0.29, 0.717) is 12.1 Å². The molecule has 21 heavy (non-hydrogen) atoms. The van der Waals surface area contributed by atoms with Crippen LogP contribution in [0.2, 0.25) is 0 Å². The fraction of sp³-hybridized carbons (Fsp3) is 0.250. The van der Waals surface area contributed by atoms with E-state index in [1.54, 1.807) is 18.5 Å². The van der Waals surface area contributed by atoms with Gasteiger partial charge in [-0.05, 0) is 37.1 Å². The number of rotatable bonds is 5. The molecule has 2 heterocycles. The number of nitrogens with one attached hydrogen (secondary N) is 1. The Bertz CT molecular complexity index is 718. The van der Waals surface area contributed by atoms with Crippen molar-refractivity contribution in [2.24, 2.45) is 4.99 Å². The molecule has 0 bridgehead atoms. The third kappa shape index (κ3) is 3.72. The maximum Gasteiger partial charge on any atom is 0.274 e. The first kappa shape index (κ1) is 14.8. The second kappa shape index (κ2) is 6.74. The molecule has 2 rings (SSSR count). The van der Waals surface area contributed by atoms with Crippen LogP contribution in [0.25, 0.3) is 11.1 Å². The Morgan fingerprint density at radius 2 is 2.10 bits per heavy atom. The maximum atomic E-state index is 12.0. The largest absolute Gasteiger partial charge is 0.324 e. The van der Waals surface area contributed by atoms with Gasteiger partial charge >= 0.3 is 0 Å². The summed E-state index contributed by atoms with van der Waals surface area (Å²) >= 11 is 0. The van der Waals surface area contributed by atoms with Crippen molar-refractivity contribution < 1.29 is 4.79 Å². The average molecular weight is 283 g/mol. The van der Waals surface area contributed by atoms with Crippen molar-refractivity contribution in [2.75, 3.05) is 0 Å². The summed E-state index contributed by atoms with van der Waals surface area (Å²) in [4.78, 5) is 33.9. The van der Waals surface area contributed by atoms with Crippen molar-refractivity contribution in [3.05, 3.63) is 46.6 Å². The van der Waals surface area contributed by atoms with Crippen LogP contribution in [0.5, 0.6) is 0 Å². The molecule has 1 N–H and O–H groups in total. The van der Waals surface area contributed by atoms with Crippen molar-refractivity contribution in [3.8, 4) is 11.1 Å². The first-order chi connectivity index (χ1) is 10.1. The Morgan fingerprint density at radius 1 is 1.38 bits per heavy atom. The van der Waals surface area contributed by atoms with Gasteiger partial charge in [-0.15, -0.1) is 0 Å². The SMILES string of the molecule is CCc1[nH]c(=O)c(N=CCC(C)=O)cc1-c1ccncc1. The lowest BCUT2D eigenvalue weighted by Crippen LogP contribution is -2.09. The Hall–Kier alpha value is -2.56. The molecule has 0 saturated carbocycles. The number of H-pyrrole nitrogens is 1. The predicted molar refractivity (Wildman–Crippen MR) is 83.1 cm³/mol. The van der Waals surface area contributed by atoms with Crippen molar-refractivity contribution in [1.29, 1.82) is 0 Å². The van der Waals surface area contributed by atoms with Crippen LogP contribution in [0.15, 0.2) is 40.4 Å². The van der Waals surface area contributed by atoms with E-state index in [0.717, 1.165) is 16.8 Å². The third-order valence-corrected chi connectivity index (χ3v) is 3.06. The number of aromatic amines is 1. The molecule has 2 aromatic rings. The summed E-state index contributed by atoms with van der Waals surface area (Å²) in [5.41, 5.74) is 2.82. The number of nitrogens with zero attached hydrogens (tertiary/aromatic N) is 2. The van der Waals surface area contributed by atoms with Crippen LogP contribution >= 0.6 is 0 Å². The van der Waals surface area contributed by atoms with E-state index in [-0.39, 0.29) is 17.8 Å². The Labute approximate surface area is 122 Å². The van der Waals surface area contributed by atoms with E-state index in [2.05, 4.69) is 15.0 Å². The summed E-state index contributed by atoms with van der Waals surface area (Å²) in [5.74, 6) is 0.00899. The summed E-state index contributed by atoms with van der Waals surface area (Å²) < 4.78 is 0. The lowest BCUT2D eigenvalue weighted by molar-refractivity contribution is -0.115. The van der Waals surface area contributed by atoms with Crippen LogP contribution in [0, 0.1) is 0 Å². The number of carbonyl (C=O) groups excluding carboxylic acids is 1. The lowest BCUT2D eigenvalue weighted by Gasteiger charge is -2.08. The number of ketones is 1. The standard InChI is InChI=1S/C16H17N3O2/c1-3-14-13(12-5-7-17-8-6-12)10-15(16(21)19-14)18-9-4-11(2)20/h5-10H,3-4H2,1-2H3,(H,19,21). The molecule has 0 saturated heterocycles. The highest BCUT2D eigenvalue weighted by Gasteiger charge is 2.08. The number of aromatic nitrogens is 2. The molecule has 0 aliphatic heterocycles. The number of carbonyl (C=O) groups is 1. The highest BCUT2D eigenvalue weighted by molar-refractivity contribution is 5.90. The second-order valence-corrected chi connectivity index (χ2v) is 4.68. The minimum Gasteiger partial charge on any atom is -0.324 e. The van der Waals surface area contributed by atoms with Gasteiger partial charge in [-0.2, -0.15) is 0 Å². The molecule has 0 aliphatic carbocycles. The number of hydrogen-bond donors (Lipinski definition) is 1. The Balaban J connectivity index is 2.47. The van der Waals surface area contributed by atoms with Gasteiger partial charge in [0.15, 0.2) is 0 Å². The monoisotopic (exact) mass is 283 g/mol. The highest BCUT2D eigenvalue weighted by Crippen LogP contribution is 2.24. The van der Waals surface area contributed by atoms with E-state index in [9.17, 15) is 9.59 Å². The minimum absolute atomic E-state index is 0.00899. The number of aryl methyl sites for hydroxylation is 1. The van der Waals surface area contributed by atoms with E-state index >= 15 is 0 Å². The van der Waals surface area contributed by atoms with Crippen LogP contribution in [0.4, 0.5) is 5.69 Å². The summed E-state index contributed by atoms with van der Waals surface area (Å²) in [5, 5.41) is 0. The van der Waals surface area contributed by atoms with Crippen LogP contribution in [0.3, 0.4) is 0 Å².